The molecule has 0 bridgehead atoms. The lowest BCUT2D eigenvalue weighted by molar-refractivity contribution is 0.100. The summed E-state index contributed by atoms with van der Waals surface area (Å²) in [5, 5.41) is 0.976. The summed E-state index contributed by atoms with van der Waals surface area (Å²) < 4.78 is 33.2. The van der Waals surface area contributed by atoms with Crippen molar-refractivity contribution in [2.45, 2.75) is 38.0 Å². The van der Waals surface area contributed by atoms with Gasteiger partial charge in [-0.3, -0.25) is 4.79 Å². The highest BCUT2D eigenvalue weighted by Crippen LogP contribution is 2.37. The smallest absolute Gasteiger partial charge is 0.250 e. The molecule has 9 heteroatoms. The van der Waals surface area contributed by atoms with Crippen LogP contribution in [0.1, 0.15) is 53.9 Å². The Labute approximate surface area is 225 Å². The summed E-state index contributed by atoms with van der Waals surface area (Å²) in [4.78, 5) is 17.9. The molecular weight excluding hydrogens is 500 g/mol. The highest BCUT2D eigenvalue weighted by atomic mass is 32.2. The maximum atomic E-state index is 13.0. The van der Waals surface area contributed by atoms with Gasteiger partial charge in [-0.1, -0.05) is 36.8 Å². The summed E-state index contributed by atoms with van der Waals surface area (Å²) in [6.07, 6.45) is 7.19. The van der Waals surface area contributed by atoms with E-state index in [1.807, 2.05) is 42.6 Å². The van der Waals surface area contributed by atoms with Gasteiger partial charge in [0, 0.05) is 31.2 Å². The molecule has 3 aromatic rings. The van der Waals surface area contributed by atoms with E-state index in [2.05, 4.69) is 16.0 Å². The molecule has 2 saturated heterocycles. The maximum absolute atomic E-state index is 13.0. The number of ether oxygens (including phenoxy) is 1. The quantitative estimate of drug-likeness (QED) is 0.380. The van der Waals surface area contributed by atoms with Crippen LogP contribution >= 0.6 is 0 Å². The van der Waals surface area contributed by atoms with Gasteiger partial charge in [-0.2, -0.15) is 0 Å². The van der Waals surface area contributed by atoms with Gasteiger partial charge in [-0.15, -0.1) is 0 Å². The third kappa shape index (κ3) is 6.12. The molecule has 2 aliphatic rings. The average Bonchev–Trinajstić information content (AvgIpc) is 3.37. The molecule has 0 aliphatic carbocycles. The number of aromatic nitrogens is 1. The van der Waals surface area contributed by atoms with Crippen LogP contribution in [-0.2, 0) is 14.8 Å². The van der Waals surface area contributed by atoms with Gasteiger partial charge in [-0.05, 0) is 73.5 Å². The molecule has 0 atom stereocenters. The topological polar surface area (TPSA) is 109 Å². The van der Waals surface area contributed by atoms with E-state index < -0.39 is 15.9 Å². The number of H-pyrrole nitrogens is 1. The molecule has 5 rings (SSSR count). The van der Waals surface area contributed by atoms with Crippen LogP contribution in [0.4, 0.5) is 0 Å². The molecule has 0 radical (unpaired) electrons. The van der Waals surface area contributed by atoms with Crippen LogP contribution in [0, 0.1) is 0 Å². The number of nitrogens with zero attached hydrogens (tertiary/aromatic N) is 2. The van der Waals surface area contributed by atoms with E-state index in [1.165, 1.54) is 19.3 Å². The number of nitrogens with two attached hydrogens (primary N) is 1. The number of sulfonamides is 1. The zero-order valence-electron chi connectivity index (χ0n) is 21.9. The number of likely N-dealkylation sites (tertiary alicyclic amines) is 1. The summed E-state index contributed by atoms with van der Waals surface area (Å²) in [7, 11) is -3.36. The minimum absolute atomic E-state index is 0.0210. The molecule has 2 aromatic carbocycles. The lowest BCUT2D eigenvalue weighted by Crippen LogP contribution is -2.40. The third-order valence-corrected chi connectivity index (χ3v) is 9.80. The zero-order valence-corrected chi connectivity index (χ0v) is 22.7. The van der Waals surface area contributed by atoms with Crippen molar-refractivity contribution in [1.29, 1.82) is 0 Å². The van der Waals surface area contributed by atoms with E-state index in [4.69, 9.17) is 10.5 Å². The lowest BCUT2D eigenvalue weighted by Gasteiger charge is -2.31. The first-order valence-electron chi connectivity index (χ1n) is 13.7. The summed E-state index contributed by atoms with van der Waals surface area (Å²) in [5.41, 5.74) is 10.0. The lowest BCUT2D eigenvalue weighted by atomic mass is 9.88. The number of nitrogens with one attached hydrogen (secondary N) is 1. The highest BCUT2D eigenvalue weighted by Gasteiger charge is 2.30. The normalized spacial score (nSPS) is 18.2. The van der Waals surface area contributed by atoms with E-state index in [0.717, 1.165) is 60.1 Å². The minimum Gasteiger partial charge on any atom is -0.379 e. The third-order valence-electron chi connectivity index (χ3n) is 7.97. The molecule has 204 valence electrons. The fourth-order valence-electron chi connectivity index (χ4n) is 5.80. The Morgan fingerprint density at radius 2 is 1.71 bits per heavy atom. The molecule has 8 nitrogen and oxygen atoms in total. The van der Waals surface area contributed by atoms with Crippen molar-refractivity contribution in [1.82, 2.24) is 14.2 Å². The number of primary amides is 1. The van der Waals surface area contributed by atoms with Gasteiger partial charge in [0.1, 0.15) is 0 Å². The molecular formula is C29H38N4O4S. The standard InChI is InChI=1S/C29H38N4O4S/c30-29(34)26-20-24(22-7-3-1-4-8-22)19-25-27(21-31-28(25)26)23-9-13-33(14-10-23)38(35,36)18-17-37-16-15-32-11-5-2-6-12-32/h1,3-4,7-8,19-21,23,31H,2,5-6,9-18H2,(H2,30,34). The van der Waals surface area contributed by atoms with Crippen molar-refractivity contribution in [3.8, 4) is 11.1 Å². The summed E-state index contributed by atoms with van der Waals surface area (Å²) in [6.45, 7) is 4.88. The first-order valence-corrected chi connectivity index (χ1v) is 15.3. The van der Waals surface area contributed by atoms with Crippen molar-refractivity contribution in [3.05, 3.63) is 59.8 Å². The van der Waals surface area contributed by atoms with Gasteiger partial charge in [-0.25, -0.2) is 12.7 Å². The van der Waals surface area contributed by atoms with E-state index in [1.54, 1.807) is 4.31 Å². The van der Waals surface area contributed by atoms with Crippen molar-refractivity contribution in [3.63, 3.8) is 0 Å². The van der Waals surface area contributed by atoms with Crippen molar-refractivity contribution in [2.24, 2.45) is 5.73 Å². The SMILES string of the molecule is NC(=O)c1cc(-c2ccccc2)cc2c(C3CCN(S(=O)(=O)CCOCCN4CCCCC4)CC3)c[nH]c12. The summed E-state index contributed by atoms with van der Waals surface area (Å²) >= 11 is 0. The molecule has 0 saturated carbocycles. The van der Waals surface area contributed by atoms with E-state index in [9.17, 15) is 13.2 Å². The average molecular weight is 539 g/mol. The highest BCUT2D eigenvalue weighted by molar-refractivity contribution is 7.89. The van der Waals surface area contributed by atoms with Gasteiger partial charge < -0.3 is 20.4 Å². The fraction of sp³-hybridized carbons (Fsp3) is 0.483. The molecule has 1 amide bonds. The Kier molecular flexibility index (Phi) is 8.48. The van der Waals surface area contributed by atoms with Crippen LogP contribution in [0.25, 0.3) is 22.0 Å². The van der Waals surface area contributed by atoms with Crippen LogP contribution in [-0.4, -0.2) is 80.2 Å². The van der Waals surface area contributed by atoms with Gasteiger partial charge in [0.15, 0.2) is 0 Å². The maximum Gasteiger partial charge on any atom is 0.250 e. The number of benzene rings is 2. The number of piperidine rings is 2. The molecule has 38 heavy (non-hydrogen) atoms. The van der Waals surface area contributed by atoms with Crippen LogP contribution < -0.4 is 5.73 Å². The van der Waals surface area contributed by atoms with Crippen molar-refractivity contribution >= 4 is 26.8 Å². The number of aromatic amines is 1. The number of carbonyl (C=O) groups is 1. The van der Waals surface area contributed by atoms with Crippen LogP contribution in [0.5, 0.6) is 0 Å². The van der Waals surface area contributed by atoms with Crippen LogP contribution in [0.3, 0.4) is 0 Å². The Morgan fingerprint density at radius 1 is 0.974 bits per heavy atom. The first-order chi connectivity index (χ1) is 18.4. The number of hydrogen-bond donors (Lipinski definition) is 2. The van der Waals surface area contributed by atoms with E-state index >= 15 is 0 Å². The molecule has 2 fully saturated rings. The van der Waals surface area contributed by atoms with Gasteiger partial charge in [0.25, 0.3) is 5.91 Å². The zero-order chi connectivity index (χ0) is 26.5. The van der Waals surface area contributed by atoms with Crippen molar-refractivity contribution < 1.29 is 17.9 Å². The Hall–Kier alpha value is -2.72. The second-order valence-electron chi connectivity index (χ2n) is 10.4. The predicted octanol–water partition coefficient (Wildman–Crippen LogP) is 3.95. The van der Waals surface area contributed by atoms with E-state index in [-0.39, 0.29) is 18.3 Å². The monoisotopic (exact) mass is 538 g/mol. The Bertz CT molecular complexity index is 1340. The van der Waals surface area contributed by atoms with Gasteiger partial charge >= 0.3 is 0 Å². The second-order valence-corrected chi connectivity index (χ2v) is 12.5. The van der Waals surface area contributed by atoms with Crippen molar-refractivity contribution in [2.75, 3.05) is 51.7 Å². The fourth-order valence-corrected chi connectivity index (χ4v) is 7.15. The number of rotatable bonds is 10. The largest absolute Gasteiger partial charge is 0.379 e. The minimum atomic E-state index is -3.36. The molecule has 3 N–H and O–H groups in total. The predicted molar refractivity (Wildman–Crippen MR) is 151 cm³/mol. The molecule has 0 spiro atoms. The van der Waals surface area contributed by atoms with Gasteiger partial charge in [0.05, 0.1) is 30.0 Å². The van der Waals surface area contributed by atoms with Crippen LogP contribution in [0.15, 0.2) is 48.7 Å². The van der Waals surface area contributed by atoms with Crippen LogP contribution in [0.2, 0.25) is 0 Å². The van der Waals surface area contributed by atoms with Gasteiger partial charge in [0.2, 0.25) is 10.0 Å². The molecule has 2 aliphatic heterocycles. The number of fused-ring (bicyclic) bond motifs is 1. The summed E-state index contributed by atoms with van der Waals surface area (Å²) in [6, 6.07) is 13.9. The number of carbonyl (C=O) groups excluding carboxylic acids is 1. The Morgan fingerprint density at radius 3 is 2.42 bits per heavy atom. The first kappa shape index (κ1) is 26.9. The number of hydrogen-bond acceptors (Lipinski definition) is 5. The molecule has 3 heterocycles. The Balaban J connectivity index is 1.21. The summed E-state index contributed by atoms with van der Waals surface area (Å²) in [5.74, 6) is -0.254. The second kappa shape index (κ2) is 12.0. The van der Waals surface area contributed by atoms with E-state index in [0.29, 0.717) is 25.3 Å². The number of amides is 1. The molecule has 0 unspecified atom stereocenters. The molecule has 1 aromatic heterocycles.